The number of thioether (sulfide) groups is 1. The molecule has 28 heavy (non-hydrogen) atoms. The van der Waals surface area contributed by atoms with Crippen molar-refractivity contribution in [3.63, 3.8) is 0 Å². The van der Waals surface area contributed by atoms with Gasteiger partial charge in [0, 0.05) is 49.6 Å². The Kier molecular flexibility index (Phi) is 10.2. The molecule has 1 amide bonds. The fourth-order valence-electron chi connectivity index (χ4n) is 4.16. The van der Waals surface area contributed by atoms with Crippen LogP contribution in [-0.4, -0.2) is 61.3 Å². The highest BCUT2D eigenvalue weighted by Crippen LogP contribution is 2.34. The van der Waals surface area contributed by atoms with Gasteiger partial charge in [0.25, 0.3) is 0 Å². The van der Waals surface area contributed by atoms with Crippen molar-refractivity contribution in [2.45, 2.75) is 75.1 Å². The molecular weight excluding hydrogens is 487 g/mol. The molecule has 0 aromatic heterocycles. The van der Waals surface area contributed by atoms with Crippen molar-refractivity contribution in [1.29, 1.82) is 0 Å². The molecule has 1 heterocycles. The van der Waals surface area contributed by atoms with Crippen molar-refractivity contribution in [2.75, 3.05) is 32.6 Å². The third-order valence-corrected chi connectivity index (χ3v) is 7.42. The van der Waals surface area contributed by atoms with E-state index in [1.165, 1.54) is 0 Å². The number of ether oxygens (including phenoxy) is 1. The summed E-state index contributed by atoms with van der Waals surface area (Å²) in [5.74, 6) is 2.39. The summed E-state index contributed by atoms with van der Waals surface area (Å²) in [7, 11) is 1.83. The van der Waals surface area contributed by atoms with Crippen LogP contribution in [-0.2, 0) is 9.53 Å². The first-order chi connectivity index (χ1) is 13.1. The van der Waals surface area contributed by atoms with Crippen LogP contribution in [0, 0.1) is 5.92 Å². The van der Waals surface area contributed by atoms with E-state index < -0.39 is 0 Å². The standard InChI is InChI=1S/C20H36N4O2S.HI/c1-3-27-20(9-11-26-12-10-20)14-22-19(21-2)24-17-6-4-5-15(13-17)18(25)23-16-7-8-16;/h15-17H,3-14H2,1-2H3,(H,23,25)(H2,21,22,24);1H. The van der Waals surface area contributed by atoms with Gasteiger partial charge >= 0.3 is 0 Å². The fourth-order valence-corrected chi connectivity index (χ4v) is 5.40. The van der Waals surface area contributed by atoms with Crippen molar-refractivity contribution < 1.29 is 9.53 Å². The predicted molar refractivity (Wildman–Crippen MR) is 128 cm³/mol. The Balaban J connectivity index is 0.00000280. The highest BCUT2D eigenvalue weighted by Gasteiger charge is 2.34. The van der Waals surface area contributed by atoms with E-state index in [9.17, 15) is 4.79 Å². The molecule has 3 N–H and O–H groups in total. The molecule has 0 aromatic carbocycles. The molecule has 162 valence electrons. The maximum Gasteiger partial charge on any atom is 0.223 e. The van der Waals surface area contributed by atoms with Gasteiger partial charge in [-0.1, -0.05) is 13.3 Å². The SMILES string of the molecule is CCSC1(CNC(=NC)NC2CCCC(C(=O)NC3CC3)C2)CCOCC1.I. The van der Waals surface area contributed by atoms with E-state index in [1.807, 2.05) is 18.8 Å². The summed E-state index contributed by atoms with van der Waals surface area (Å²) in [5, 5.41) is 10.3. The van der Waals surface area contributed by atoms with Crippen LogP contribution in [0.3, 0.4) is 0 Å². The Morgan fingerprint density at radius 3 is 2.54 bits per heavy atom. The maximum atomic E-state index is 12.4. The Morgan fingerprint density at radius 2 is 1.89 bits per heavy atom. The zero-order valence-electron chi connectivity index (χ0n) is 17.3. The van der Waals surface area contributed by atoms with E-state index in [2.05, 4.69) is 27.9 Å². The number of halogens is 1. The Hall–Kier alpha value is -0.220. The number of amides is 1. The normalized spacial score (nSPS) is 27.4. The molecule has 6 nitrogen and oxygen atoms in total. The number of nitrogens with one attached hydrogen (secondary N) is 3. The van der Waals surface area contributed by atoms with E-state index in [1.54, 1.807) is 0 Å². The summed E-state index contributed by atoms with van der Waals surface area (Å²) < 4.78 is 5.81. The zero-order chi connectivity index (χ0) is 19.1. The van der Waals surface area contributed by atoms with Crippen molar-refractivity contribution in [3.05, 3.63) is 0 Å². The predicted octanol–water partition coefficient (Wildman–Crippen LogP) is 2.91. The van der Waals surface area contributed by atoms with Crippen LogP contribution < -0.4 is 16.0 Å². The summed E-state index contributed by atoms with van der Waals surface area (Å²) in [6.07, 6.45) is 8.60. The molecule has 0 bridgehead atoms. The number of hydrogen-bond acceptors (Lipinski definition) is 4. The highest BCUT2D eigenvalue weighted by atomic mass is 127. The lowest BCUT2D eigenvalue weighted by molar-refractivity contribution is -0.126. The van der Waals surface area contributed by atoms with Crippen LogP contribution in [0.5, 0.6) is 0 Å². The van der Waals surface area contributed by atoms with E-state index >= 15 is 0 Å². The van der Waals surface area contributed by atoms with Crippen molar-refractivity contribution in [3.8, 4) is 0 Å². The van der Waals surface area contributed by atoms with Gasteiger partial charge in [0.1, 0.15) is 0 Å². The second kappa shape index (κ2) is 11.8. The second-order valence-electron chi connectivity index (χ2n) is 8.14. The van der Waals surface area contributed by atoms with Crippen LogP contribution in [0.25, 0.3) is 0 Å². The van der Waals surface area contributed by atoms with Gasteiger partial charge in [0.15, 0.2) is 5.96 Å². The third kappa shape index (κ3) is 7.23. The van der Waals surface area contributed by atoms with Crippen molar-refractivity contribution in [2.24, 2.45) is 10.9 Å². The van der Waals surface area contributed by atoms with Crippen molar-refractivity contribution in [1.82, 2.24) is 16.0 Å². The van der Waals surface area contributed by atoms with Crippen LogP contribution >= 0.6 is 35.7 Å². The lowest BCUT2D eigenvalue weighted by Crippen LogP contribution is -2.51. The van der Waals surface area contributed by atoms with Crippen LogP contribution in [0.4, 0.5) is 0 Å². The monoisotopic (exact) mass is 524 g/mol. The number of nitrogens with zero attached hydrogens (tertiary/aromatic N) is 1. The number of hydrogen-bond donors (Lipinski definition) is 3. The average molecular weight is 525 g/mol. The molecule has 3 fully saturated rings. The molecule has 1 aliphatic heterocycles. The van der Waals surface area contributed by atoms with E-state index in [0.717, 1.165) is 82.8 Å². The minimum atomic E-state index is 0. The number of rotatable bonds is 7. The molecular formula is C20H37IN4O2S. The number of carbonyl (C=O) groups is 1. The van der Waals surface area contributed by atoms with Gasteiger partial charge < -0.3 is 20.7 Å². The topological polar surface area (TPSA) is 74.8 Å². The molecule has 2 unspecified atom stereocenters. The van der Waals surface area contributed by atoms with Gasteiger partial charge in [-0.2, -0.15) is 11.8 Å². The molecule has 0 radical (unpaired) electrons. The smallest absolute Gasteiger partial charge is 0.223 e. The zero-order valence-corrected chi connectivity index (χ0v) is 20.4. The van der Waals surface area contributed by atoms with Crippen LogP contribution in [0.15, 0.2) is 4.99 Å². The van der Waals surface area contributed by atoms with E-state index in [0.29, 0.717) is 12.1 Å². The number of aliphatic imine (C=N–C) groups is 1. The first-order valence-electron chi connectivity index (χ1n) is 10.6. The van der Waals surface area contributed by atoms with Gasteiger partial charge in [0.05, 0.1) is 0 Å². The van der Waals surface area contributed by atoms with Gasteiger partial charge in [-0.25, -0.2) is 0 Å². The lowest BCUT2D eigenvalue weighted by atomic mass is 9.85. The molecule has 3 aliphatic rings. The molecule has 8 heteroatoms. The number of guanidine groups is 1. The van der Waals surface area contributed by atoms with E-state index in [-0.39, 0.29) is 40.5 Å². The molecule has 2 saturated carbocycles. The summed E-state index contributed by atoms with van der Waals surface area (Å²) in [5.41, 5.74) is 0. The Bertz CT molecular complexity index is 519. The first-order valence-corrected chi connectivity index (χ1v) is 11.6. The lowest BCUT2D eigenvalue weighted by Gasteiger charge is -2.37. The molecule has 2 aliphatic carbocycles. The highest BCUT2D eigenvalue weighted by molar-refractivity contribution is 14.0. The molecule has 0 aromatic rings. The molecule has 2 atom stereocenters. The fraction of sp³-hybridized carbons (Fsp3) is 0.900. The molecule has 0 spiro atoms. The Morgan fingerprint density at radius 1 is 1.14 bits per heavy atom. The largest absolute Gasteiger partial charge is 0.381 e. The van der Waals surface area contributed by atoms with Crippen LogP contribution in [0.2, 0.25) is 0 Å². The number of carbonyl (C=O) groups excluding carboxylic acids is 1. The van der Waals surface area contributed by atoms with Gasteiger partial charge in [-0.15, -0.1) is 24.0 Å². The van der Waals surface area contributed by atoms with E-state index in [4.69, 9.17) is 4.74 Å². The summed E-state index contributed by atoms with van der Waals surface area (Å²) in [6, 6.07) is 0.774. The summed E-state index contributed by atoms with van der Waals surface area (Å²) in [6.45, 7) is 4.83. The van der Waals surface area contributed by atoms with Crippen molar-refractivity contribution >= 4 is 47.6 Å². The van der Waals surface area contributed by atoms with Crippen LogP contribution in [0.1, 0.15) is 58.3 Å². The van der Waals surface area contributed by atoms with Gasteiger partial charge in [-0.05, 0) is 50.7 Å². The molecule has 3 rings (SSSR count). The third-order valence-electron chi connectivity index (χ3n) is 5.97. The quantitative estimate of drug-likeness (QED) is 0.272. The maximum absolute atomic E-state index is 12.4. The minimum absolute atomic E-state index is 0. The molecule has 1 saturated heterocycles. The van der Waals surface area contributed by atoms with Gasteiger partial charge in [0.2, 0.25) is 5.91 Å². The van der Waals surface area contributed by atoms with Gasteiger partial charge in [-0.3, -0.25) is 9.79 Å². The average Bonchev–Trinajstić information content (AvgIpc) is 3.50. The summed E-state index contributed by atoms with van der Waals surface area (Å²) in [4.78, 5) is 16.8. The minimum Gasteiger partial charge on any atom is -0.381 e. The summed E-state index contributed by atoms with van der Waals surface area (Å²) >= 11 is 2.04. The Labute approximate surface area is 191 Å². The first kappa shape index (κ1) is 24.1. The second-order valence-corrected chi connectivity index (χ2v) is 9.87.